The molecule has 3 nitrogen and oxygen atoms in total. The number of amides is 2. The number of rotatable bonds is 1. The summed E-state index contributed by atoms with van der Waals surface area (Å²) >= 11 is 2.22. The lowest BCUT2D eigenvalue weighted by atomic mass is 9.63. The van der Waals surface area contributed by atoms with Crippen molar-refractivity contribution in [2.24, 2.45) is 35.5 Å². The highest BCUT2D eigenvalue weighted by Gasteiger charge is 2.67. The molecule has 2 saturated carbocycles. The van der Waals surface area contributed by atoms with Gasteiger partial charge >= 0.3 is 0 Å². The lowest BCUT2D eigenvalue weighted by Gasteiger charge is -2.37. The first kappa shape index (κ1) is 12.4. The number of hydrogen-bond donors (Lipinski definition) is 0. The van der Waals surface area contributed by atoms with E-state index in [4.69, 9.17) is 0 Å². The maximum atomic E-state index is 12.9. The van der Waals surface area contributed by atoms with Crippen LogP contribution in [0.4, 0.5) is 5.69 Å². The fourth-order valence-electron chi connectivity index (χ4n) is 4.83. The van der Waals surface area contributed by atoms with E-state index in [9.17, 15) is 9.59 Å². The number of allylic oxidation sites excluding steroid dienone is 2. The Balaban J connectivity index is 1.60. The maximum Gasteiger partial charge on any atom is 0.238 e. The van der Waals surface area contributed by atoms with E-state index in [-0.39, 0.29) is 23.7 Å². The molecule has 0 radical (unpaired) electrons. The monoisotopic (exact) mass is 391 g/mol. The average Bonchev–Trinajstić information content (AvgIpc) is 3.24. The largest absolute Gasteiger partial charge is 0.274 e. The van der Waals surface area contributed by atoms with Gasteiger partial charge in [-0.3, -0.25) is 9.59 Å². The average molecular weight is 391 g/mol. The Hall–Kier alpha value is -1.17. The zero-order chi connectivity index (χ0) is 14.3. The molecule has 4 aliphatic carbocycles. The van der Waals surface area contributed by atoms with E-state index in [1.54, 1.807) is 0 Å². The first-order valence-corrected chi connectivity index (χ1v) is 8.56. The van der Waals surface area contributed by atoms with Crippen LogP contribution in [0.3, 0.4) is 0 Å². The van der Waals surface area contributed by atoms with Crippen molar-refractivity contribution in [3.05, 3.63) is 40.0 Å². The first-order chi connectivity index (χ1) is 10.2. The summed E-state index contributed by atoms with van der Waals surface area (Å²) < 4.78 is 1.05. The molecule has 1 saturated heterocycles. The van der Waals surface area contributed by atoms with Gasteiger partial charge in [-0.25, -0.2) is 4.90 Å². The summed E-state index contributed by atoms with van der Waals surface area (Å²) in [4.78, 5) is 27.2. The van der Waals surface area contributed by atoms with Crippen LogP contribution in [0, 0.1) is 39.1 Å². The third-order valence-corrected chi connectivity index (χ3v) is 6.40. The number of imide groups is 1. The van der Waals surface area contributed by atoms with Gasteiger partial charge in [-0.2, -0.15) is 0 Å². The summed E-state index contributed by atoms with van der Waals surface area (Å²) in [5.74, 6) is 1.77. The summed E-state index contributed by atoms with van der Waals surface area (Å²) in [7, 11) is 0. The molecule has 6 rings (SSSR count). The second-order valence-electron chi connectivity index (χ2n) is 6.65. The molecule has 3 fully saturated rings. The smallest absolute Gasteiger partial charge is 0.238 e. The molecule has 1 aromatic carbocycles. The number of nitrogens with zero attached hydrogens (tertiary/aromatic N) is 1. The number of halogens is 1. The first-order valence-electron chi connectivity index (χ1n) is 7.48. The van der Waals surface area contributed by atoms with Crippen molar-refractivity contribution < 1.29 is 9.59 Å². The zero-order valence-corrected chi connectivity index (χ0v) is 13.4. The van der Waals surface area contributed by atoms with Gasteiger partial charge in [0.25, 0.3) is 0 Å². The second-order valence-corrected chi connectivity index (χ2v) is 7.89. The molecule has 5 aliphatic rings. The minimum Gasteiger partial charge on any atom is -0.274 e. The fourth-order valence-corrected chi connectivity index (χ4v) is 5.35. The van der Waals surface area contributed by atoms with Gasteiger partial charge in [-0.15, -0.1) is 0 Å². The Kier molecular flexibility index (Phi) is 2.34. The molecule has 0 spiro atoms. The summed E-state index contributed by atoms with van der Waals surface area (Å²) in [5, 5.41) is 0. The normalized spacial score (nSPS) is 42.2. The van der Waals surface area contributed by atoms with E-state index < -0.39 is 0 Å². The highest BCUT2D eigenvalue weighted by atomic mass is 127. The van der Waals surface area contributed by atoms with Crippen LogP contribution in [0.15, 0.2) is 36.4 Å². The van der Waals surface area contributed by atoms with E-state index in [0.717, 1.165) is 9.26 Å². The Morgan fingerprint density at radius 2 is 1.62 bits per heavy atom. The molecule has 6 atom stereocenters. The number of hydrogen-bond acceptors (Lipinski definition) is 2. The van der Waals surface area contributed by atoms with Crippen molar-refractivity contribution in [3.8, 4) is 0 Å². The molecule has 0 N–H and O–H groups in total. The highest BCUT2D eigenvalue weighted by molar-refractivity contribution is 14.1. The molecule has 2 amide bonds. The van der Waals surface area contributed by atoms with Crippen molar-refractivity contribution in [3.63, 3.8) is 0 Å². The molecule has 2 bridgehead atoms. The topological polar surface area (TPSA) is 37.4 Å². The van der Waals surface area contributed by atoms with Crippen LogP contribution >= 0.6 is 22.6 Å². The Bertz CT molecular complexity index is 676. The van der Waals surface area contributed by atoms with Crippen LogP contribution in [0.25, 0.3) is 0 Å². The van der Waals surface area contributed by atoms with Crippen molar-refractivity contribution in [1.82, 2.24) is 0 Å². The van der Waals surface area contributed by atoms with Crippen LogP contribution in [0.2, 0.25) is 0 Å². The molecule has 21 heavy (non-hydrogen) atoms. The lowest BCUT2D eigenvalue weighted by Crippen LogP contribution is -2.40. The van der Waals surface area contributed by atoms with Gasteiger partial charge in [0.2, 0.25) is 11.8 Å². The predicted octanol–water partition coefficient (Wildman–Crippen LogP) is 2.85. The predicted molar refractivity (Wildman–Crippen MR) is 86.3 cm³/mol. The van der Waals surface area contributed by atoms with Crippen LogP contribution in [0.5, 0.6) is 0 Å². The lowest BCUT2D eigenvalue weighted by molar-refractivity contribution is -0.124. The van der Waals surface area contributed by atoms with Crippen molar-refractivity contribution in [2.45, 2.75) is 6.42 Å². The van der Waals surface area contributed by atoms with Gasteiger partial charge in [-0.05, 0) is 70.9 Å². The SMILES string of the molecule is O=C1C2C3C=CC(C4CC34)C2C(=O)N1c1cccc(I)c1. The van der Waals surface area contributed by atoms with Gasteiger partial charge in [0.1, 0.15) is 0 Å². The van der Waals surface area contributed by atoms with Gasteiger partial charge in [0.05, 0.1) is 17.5 Å². The van der Waals surface area contributed by atoms with Crippen molar-refractivity contribution in [2.75, 3.05) is 4.90 Å². The van der Waals surface area contributed by atoms with Gasteiger partial charge in [0.15, 0.2) is 0 Å². The molecule has 1 aromatic rings. The van der Waals surface area contributed by atoms with Gasteiger partial charge in [-0.1, -0.05) is 18.2 Å². The van der Waals surface area contributed by atoms with E-state index in [2.05, 4.69) is 34.7 Å². The molecule has 4 heteroatoms. The van der Waals surface area contributed by atoms with E-state index in [1.807, 2.05) is 24.3 Å². The summed E-state index contributed by atoms with van der Waals surface area (Å²) in [6.07, 6.45) is 5.63. The molecular weight excluding hydrogens is 377 g/mol. The van der Waals surface area contributed by atoms with Crippen molar-refractivity contribution in [1.29, 1.82) is 0 Å². The summed E-state index contributed by atoms with van der Waals surface area (Å²) in [6, 6.07) is 7.67. The Morgan fingerprint density at radius 3 is 2.19 bits per heavy atom. The van der Waals surface area contributed by atoms with E-state index in [1.165, 1.54) is 11.3 Å². The van der Waals surface area contributed by atoms with Crippen molar-refractivity contribution >= 4 is 40.1 Å². The standard InChI is InChI=1S/C17H14INO2/c18-8-2-1-3-9(6-8)19-16(20)14-10-4-5-11(13-7-12(10)13)15(14)17(19)21/h1-6,10-15H,7H2. The summed E-state index contributed by atoms with van der Waals surface area (Å²) in [5.41, 5.74) is 0.736. The molecule has 1 heterocycles. The molecule has 1 aliphatic heterocycles. The van der Waals surface area contributed by atoms with Gasteiger partial charge < -0.3 is 0 Å². The van der Waals surface area contributed by atoms with E-state index in [0.29, 0.717) is 23.7 Å². The highest BCUT2D eigenvalue weighted by Crippen LogP contribution is 2.65. The third kappa shape index (κ3) is 1.49. The Morgan fingerprint density at radius 1 is 1.00 bits per heavy atom. The number of benzene rings is 1. The number of anilines is 1. The third-order valence-electron chi connectivity index (χ3n) is 5.73. The summed E-state index contributed by atoms with van der Waals surface area (Å²) in [6.45, 7) is 0. The fraction of sp³-hybridized carbons (Fsp3) is 0.412. The quantitative estimate of drug-likeness (QED) is 0.420. The minimum absolute atomic E-state index is 0.0247. The van der Waals surface area contributed by atoms with E-state index >= 15 is 0 Å². The molecule has 6 unspecified atom stereocenters. The molecule has 0 aromatic heterocycles. The minimum atomic E-state index is -0.103. The van der Waals surface area contributed by atoms with Crippen LogP contribution < -0.4 is 4.90 Å². The van der Waals surface area contributed by atoms with Crippen LogP contribution in [-0.2, 0) is 9.59 Å². The second kappa shape index (κ2) is 3.97. The van der Waals surface area contributed by atoms with Crippen LogP contribution in [0.1, 0.15) is 6.42 Å². The maximum absolute atomic E-state index is 12.9. The van der Waals surface area contributed by atoms with Gasteiger partial charge in [0, 0.05) is 3.57 Å². The molecular formula is C17H14INO2. The number of carbonyl (C=O) groups excluding carboxylic acids is 2. The number of carbonyl (C=O) groups is 2. The molecule has 106 valence electrons. The van der Waals surface area contributed by atoms with Crippen LogP contribution in [-0.4, -0.2) is 11.8 Å². The Labute approximate surface area is 136 Å². The zero-order valence-electron chi connectivity index (χ0n) is 11.3.